The number of ether oxygens (including phenoxy) is 1. The second-order valence-electron chi connectivity index (χ2n) is 3.76. The third-order valence-corrected chi connectivity index (χ3v) is 3.16. The molecule has 0 saturated heterocycles. The molecule has 0 atom stereocenters. The topological polar surface area (TPSA) is 59.4 Å². The second kappa shape index (κ2) is 5.49. The van der Waals surface area contributed by atoms with Crippen LogP contribution in [-0.4, -0.2) is 16.1 Å². The number of carbonyl (C=O) groups is 1. The van der Waals surface area contributed by atoms with Crippen molar-refractivity contribution in [2.45, 2.75) is 12.8 Å². The quantitative estimate of drug-likeness (QED) is 0.940. The first kappa shape index (κ1) is 14.3. The third kappa shape index (κ3) is 3.47. The summed E-state index contributed by atoms with van der Waals surface area (Å²) in [6.45, 7) is -0.0922. The smallest absolute Gasteiger partial charge is 0.416 e. The van der Waals surface area contributed by atoms with Crippen LogP contribution in [0.25, 0.3) is 0 Å². The van der Waals surface area contributed by atoms with E-state index in [0.717, 1.165) is 23.5 Å². The molecule has 0 saturated carbocycles. The molecule has 0 fully saturated rings. The Morgan fingerprint density at radius 3 is 2.75 bits per heavy atom. The van der Waals surface area contributed by atoms with Gasteiger partial charge in [0.1, 0.15) is 12.4 Å². The van der Waals surface area contributed by atoms with Crippen LogP contribution in [0.4, 0.5) is 13.2 Å². The number of aromatic nitrogens is 1. The normalized spacial score (nSPS) is 11.3. The van der Waals surface area contributed by atoms with Gasteiger partial charge in [-0.25, -0.2) is 9.78 Å². The highest BCUT2D eigenvalue weighted by atomic mass is 32.1. The Balaban J connectivity index is 2.05. The zero-order valence-corrected chi connectivity index (χ0v) is 10.7. The summed E-state index contributed by atoms with van der Waals surface area (Å²) in [5, 5.41) is 10.1. The van der Waals surface area contributed by atoms with Crippen molar-refractivity contribution in [1.29, 1.82) is 0 Å². The van der Waals surface area contributed by atoms with Crippen LogP contribution in [0.5, 0.6) is 5.75 Å². The van der Waals surface area contributed by atoms with E-state index in [1.807, 2.05) is 0 Å². The molecule has 0 radical (unpaired) electrons. The van der Waals surface area contributed by atoms with Crippen LogP contribution in [0, 0.1) is 0 Å². The van der Waals surface area contributed by atoms with Gasteiger partial charge in [-0.1, -0.05) is 6.07 Å². The summed E-state index contributed by atoms with van der Waals surface area (Å²) >= 11 is 0.930. The molecule has 8 heteroatoms. The average molecular weight is 303 g/mol. The number of thiazole rings is 1. The lowest BCUT2D eigenvalue weighted by atomic mass is 10.2. The maximum absolute atomic E-state index is 12.5. The van der Waals surface area contributed by atoms with Crippen molar-refractivity contribution in [1.82, 2.24) is 4.98 Å². The van der Waals surface area contributed by atoms with E-state index in [1.165, 1.54) is 17.5 Å². The first-order chi connectivity index (χ1) is 9.36. The maximum Gasteiger partial charge on any atom is 0.416 e. The van der Waals surface area contributed by atoms with Crippen molar-refractivity contribution >= 4 is 17.3 Å². The van der Waals surface area contributed by atoms with Crippen LogP contribution in [0.3, 0.4) is 0 Å². The summed E-state index contributed by atoms with van der Waals surface area (Å²) in [6, 6.07) is 4.45. The molecule has 0 unspecified atom stereocenters. The average Bonchev–Trinajstić information content (AvgIpc) is 2.85. The number of hydrogen-bond acceptors (Lipinski definition) is 4. The van der Waals surface area contributed by atoms with Gasteiger partial charge in [-0.15, -0.1) is 11.3 Å². The van der Waals surface area contributed by atoms with E-state index in [0.29, 0.717) is 5.69 Å². The number of hydrogen-bond donors (Lipinski definition) is 1. The number of carboxylic acids is 1. The van der Waals surface area contributed by atoms with Crippen LogP contribution >= 0.6 is 11.3 Å². The predicted octanol–water partition coefficient (Wildman–Crippen LogP) is 3.44. The summed E-state index contributed by atoms with van der Waals surface area (Å²) in [6.07, 6.45) is -4.43. The predicted molar refractivity (Wildman–Crippen MR) is 64.8 cm³/mol. The van der Waals surface area contributed by atoms with Gasteiger partial charge in [-0.3, -0.25) is 0 Å². The largest absolute Gasteiger partial charge is 0.487 e. The maximum atomic E-state index is 12.5. The van der Waals surface area contributed by atoms with Gasteiger partial charge in [0, 0.05) is 5.38 Å². The molecule has 2 aromatic rings. The Morgan fingerprint density at radius 1 is 1.40 bits per heavy atom. The van der Waals surface area contributed by atoms with Crippen LogP contribution < -0.4 is 4.74 Å². The number of rotatable bonds is 4. The summed E-state index contributed by atoms with van der Waals surface area (Å²) in [4.78, 5) is 14.4. The fraction of sp³-hybridized carbons (Fsp3) is 0.167. The van der Waals surface area contributed by atoms with Gasteiger partial charge in [-0.05, 0) is 18.2 Å². The minimum Gasteiger partial charge on any atom is -0.487 e. The lowest BCUT2D eigenvalue weighted by Crippen LogP contribution is -2.05. The summed E-state index contributed by atoms with van der Waals surface area (Å²) in [5.41, 5.74) is -0.454. The molecular weight excluding hydrogens is 295 g/mol. The number of alkyl halides is 3. The highest BCUT2D eigenvalue weighted by Crippen LogP contribution is 2.31. The number of halogens is 3. The zero-order valence-electron chi connectivity index (χ0n) is 9.85. The number of aromatic carboxylic acids is 1. The zero-order chi connectivity index (χ0) is 14.8. The van der Waals surface area contributed by atoms with Gasteiger partial charge in [0.25, 0.3) is 0 Å². The van der Waals surface area contributed by atoms with E-state index in [-0.39, 0.29) is 17.4 Å². The molecule has 0 spiro atoms. The molecule has 1 aromatic heterocycles. The Bertz CT molecular complexity index is 624. The van der Waals surface area contributed by atoms with E-state index in [4.69, 9.17) is 9.84 Å². The molecule has 0 amide bonds. The Kier molecular flexibility index (Phi) is 3.93. The van der Waals surface area contributed by atoms with E-state index in [1.54, 1.807) is 0 Å². The molecule has 1 aromatic carbocycles. The minimum atomic E-state index is -4.43. The van der Waals surface area contributed by atoms with Gasteiger partial charge >= 0.3 is 12.1 Å². The van der Waals surface area contributed by atoms with Crippen LogP contribution in [0.15, 0.2) is 29.6 Å². The van der Waals surface area contributed by atoms with Gasteiger partial charge in [-0.2, -0.15) is 13.2 Å². The fourth-order valence-electron chi connectivity index (χ4n) is 1.39. The van der Waals surface area contributed by atoms with Crippen LogP contribution in [0.1, 0.15) is 21.1 Å². The summed E-state index contributed by atoms with van der Waals surface area (Å²) in [7, 11) is 0. The van der Waals surface area contributed by atoms with Gasteiger partial charge in [0.05, 0.1) is 11.3 Å². The monoisotopic (exact) mass is 303 g/mol. The summed E-state index contributed by atoms with van der Waals surface area (Å²) in [5.74, 6) is -1.11. The van der Waals surface area contributed by atoms with Gasteiger partial charge in [0.2, 0.25) is 5.01 Å². The second-order valence-corrected chi connectivity index (χ2v) is 4.62. The first-order valence-corrected chi connectivity index (χ1v) is 6.22. The molecule has 0 aliphatic carbocycles. The van der Waals surface area contributed by atoms with Crippen LogP contribution in [0.2, 0.25) is 0 Å². The number of carboxylic acid groups (broad SMARTS) is 1. The number of nitrogens with zero attached hydrogens (tertiary/aromatic N) is 1. The van der Waals surface area contributed by atoms with Gasteiger partial charge < -0.3 is 9.84 Å². The lowest BCUT2D eigenvalue weighted by Gasteiger charge is -2.09. The molecule has 2 rings (SSSR count). The van der Waals surface area contributed by atoms with Crippen molar-refractivity contribution in [3.63, 3.8) is 0 Å². The van der Waals surface area contributed by atoms with Crippen molar-refractivity contribution < 1.29 is 27.8 Å². The molecule has 0 aliphatic heterocycles. The molecule has 0 aliphatic rings. The molecule has 1 N–H and O–H groups in total. The minimum absolute atomic E-state index is 0.0460. The SMILES string of the molecule is O=C(O)c1nc(COc2cccc(C(F)(F)F)c2)cs1. The van der Waals surface area contributed by atoms with Crippen molar-refractivity contribution in [2.24, 2.45) is 0 Å². The number of benzene rings is 1. The van der Waals surface area contributed by atoms with E-state index in [9.17, 15) is 18.0 Å². The molecule has 4 nitrogen and oxygen atoms in total. The Labute approximate surface area is 115 Å². The standard InChI is InChI=1S/C12H8F3NO3S/c13-12(14,15)7-2-1-3-9(4-7)19-5-8-6-20-10(16-8)11(17)18/h1-4,6H,5H2,(H,17,18). The Hall–Kier alpha value is -2.09. The first-order valence-electron chi connectivity index (χ1n) is 5.34. The molecular formula is C12H8F3NO3S. The Morgan fingerprint density at radius 2 is 2.15 bits per heavy atom. The lowest BCUT2D eigenvalue weighted by molar-refractivity contribution is -0.137. The van der Waals surface area contributed by atoms with Crippen molar-refractivity contribution in [3.05, 3.63) is 45.9 Å². The van der Waals surface area contributed by atoms with E-state index < -0.39 is 17.7 Å². The molecule has 1 heterocycles. The van der Waals surface area contributed by atoms with Crippen LogP contribution in [-0.2, 0) is 12.8 Å². The fourth-order valence-corrected chi connectivity index (χ4v) is 2.03. The highest BCUT2D eigenvalue weighted by Gasteiger charge is 2.30. The van der Waals surface area contributed by atoms with E-state index in [2.05, 4.69) is 4.98 Å². The summed E-state index contributed by atoms with van der Waals surface area (Å²) < 4.78 is 42.6. The van der Waals surface area contributed by atoms with E-state index >= 15 is 0 Å². The molecule has 106 valence electrons. The molecule has 20 heavy (non-hydrogen) atoms. The molecule has 0 bridgehead atoms. The van der Waals surface area contributed by atoms with Crippen molar-refractivity contribution in [3.8, 4) is 5.75 Å². The third-order valence-electron chi connectivity index (χ3n) is 2.28. The highest BCUT2D eigenvalue weighted by molar-refractivity contribution is 7.11. The van der Waals surface area contributed by atoms with Crippen molar-refractivity contribution in [2.75, 3.05) is 0 Å². The van der Waals surface area contributed by atoms with Gasteiger partial charge in [0.15, 0.2) is 0 Å².